The number of carbonyl (C=O) groups excluding carboxylic acids is 1. The normalized spacial score (nSPS) is 9.69. The highest BCUT2D eigenvalue weighted by molar-refractivity contribution is 5.49. The molecule has 0 bridgehead atoms. The first-order valence-electron chi connectivity index (χ1n) is 4.37. The molecule has 13 heavy (non-hydrogen) atoms. The van der Waals surface area contributed by atoms with Gasteiger partial charge in [0.1, 0.15) is 12.0 Å². The minimum Gasteiger partial charge on any atom is -0.493 e. The minimum absolute atomic E-state index is 0.451. The topological polar surface area (TPSA) is 26.3 Å². The quantitative estimate of drug-likeness (QED) is 0.522. The van der Waals surface area contributed by atoms with Gasteiger partial charge in [0.15, 0.2) is 0 Å². The zero-order valence-corrected chi connectivity index (χ0v) is 8.04. The molecular formula is C11H14O2. The molecule has 1 rings (SSSR count). The predicted octanol–water partition coefficient (Wildman–Crippen LogP) is 2.27. The van der Waals surface area contributed by atoms with Gasteiger partial charge in [0.25, 0.3) is 0 Å². The van der Waals surface area contributed by atoms with Crippen LogP contribution in [0.1, 0.15) is 17.5 Å². The maximum atomic E-state index is 10.0. The molecule has 2 nitrogen and oxygen atoms in total. The second-order valence-electron chi connectivity index (χ2n) is 3.13. The summed E-state index contributed by atoms with van der Waals surface area (Å²) in [6.07, 6.45) is 1.32. The van der Waals surface area contributed by atoms with Crippen molar-refractivity contribution in [1.29, 1.82) is 0 Å². The van der Waals surface area contributed by atoms with Crippen LogP contribution in [0.15, 0.2) is 18.2 Å². The van der Waals surface area contributed by atoms with Crippen LogP contribution < -0.4 is 4.74 Å². The van der Waals surface area contributed by atoms with Crippen LogP contribution in [0, 0.1) is 13.8 Å². The van der Waals surface area contributed by atoms with Crippen molar-refractivity contribution in [1.82, 2.24) is 0 Å². The summed E-state index contributed by atoms with van der Waals surface area (Å²) in [6.45, 7) is 4.52. The highest BCUT2D eigenvalue weighted by Crippen LogP contribution is 2.15. The lowest BCUT2D eigenvalue weighted by Crippen LogP contribution is -1.98. The van der Waals surface area contributed by atoms with Crippen LogP contribution >= 0.6 is 0 Å². The van der Waals surface area contributed by atoms with Crippen LogP contribution in [0.2, 0.25) is 0 Å². The molecule has 0 N–H and O–H groups in total. The van der Waals surface area contributed by atoms with E-state index in [1.807, 2.05) is 26.0 Å². The Bertz CT molecular complexity index is 272. The van der Waals surface area contributed by atoms with Crippen molar-refractivity contribution in [3.63, 3.8) is 0 Å². The number of rotatable bonds is 4. The average molecular weight is 178 g/mol. The minimum atomic E-state index is 0.451. The second-order valence-corrected chi connectivity index (χ2v) is 3.13. The van der Waals surface area contributed by atoms with E-state index in [1.54, 1.807) is 0 Å². The summed E-state index contributed by atoms with van der Waals surface area (Å²) >= 11 is 0. The molecule has 0 saturated carbocycles. The lowest BCUT2D eigenvalue weighted by atomic mass is 10.1. The number of hydrogen-bond donors (Lipinski definition) is 0. The van der Waals surface area contributed by atoms with Crippen LogP contribution in [-0.4, -0.2) is 12.9 Å². The Labute approximate surface area is 78.5 Å². The fourth-order valence-electron chi connectivity index (χ4n) is 1.24. The zero-order valence-electron chi connectivity index (χ0n) is 8.04. The molecular weight excluding hydrogens is 164 g/mol. The third kappa shape index (κ3) is 3.28. The molecule has 0 aliphatic carbocycles. The van der Waals surface area contributed by atoms with E-state index in [-0.39, 0.29) is 0 Å². The first-order chi connectivity index (χ1) is 6.22. The van der Waals surface area contributed by atoms with E-state index in [0.29, 0.717) is 13.0 Å². The number of aryl methyl sites for hydroxylation is 2. The van der Waals surface area contributed by atoms with Crippen LogP contribution in [0.25, 0.3) is 0 Å². The molecule has 0 aliphatic rings. The SMILES string of the molecule is Cc1cc(C)cc(OCCC=O)c1. The number of ether oxygens (including phenoxy) is 1. The van der Waals surface area contributed by atoms with E-state index in [0.717, 1.165) is 12.0 Å². The lowest BCUT2D eigenvalue weighted by Gasteiger charge is -2.05. The molecule has 0 fully saturated rings. The van der Waals surface area contributed by atoms with Gasteiger partial charge in [0.05, 0.1) is 6.61 Å². The molecule has 70 valence electrons. The van der Waals surface area contributed by atoms with Gasteiger partial charge in [0, 0.05) is 6.42 Å². The molecule has 0 heterocycles. The average Bonchev–Trinajstić information content (AvgIpc) is 2.03. The van der Waals surface area contributed by atoms with Crippen molar-refractivity contribution in [3.8, 4) is 5.75 Å². The van der Waals surface area contributed by atoms with E-state index in [4.69, 9.17) is 4.74 Å². The summed E-state index contributed by atoms with van der Waals surface area (Å²) in [5.74, 6) is 0.847. The first kappa shape index (κ1) is 9.78. The van der Waals surface area contributed by atoms with E-state index < -0.39 is 0 Å². The Morgan fingerprint density at radius 1 is 1.23 bits per heavy atom. The molecule has 0 radical (unpaired) electrons. The fraction of sp³-hybridized carbons (Fsp3) is 0.364. The molecule has 0 amide bonds. The molecule has 0 spiro atoms. The van der Waals surface area contributed by atoms with Crippen molar-refractivity contribution < 1.29 is 9.53 Å². The second kappa shape index (κ2) is 4.65. The Kier molecular flexibility index (Phi) is 3.50. The summed E-state index contributed by atoms with van der Waals surface area (Å²) < 4.78 is 5.38. The maximum Gasteiger partial charge on any atom is 0.123 e. The molecule has 0 aliphatic heterocycles. The van der Waals surface area contributed by atoms with Crippen LogP contribution in [-0.2, 0) is 4.79 Å². The van der Waals surface area contributed by atoms with Crippen molar-refractivity contribution in [2.24, 2.45) is 0 Å². The summed E-state index contributed by atoms with van der Waals surface area (Å²) in [5.41, 5.74) is 2.36. The van der Waals surface area contributed by atoms with Gasteiger partial charge in [-0.25, -0.2) is 0 Å². The highest BCUT2D eigenvalue weighted by Gasteiger charge is 1.95. The van der Waals surface area contributed by atoms with E-state index in [2.05, 4.69) is 6.07 Å². The Hall–Kier alpha value is -1.31. The van der Waals surface area contributed by atoms with Gasteiger partial charge in [-0.2, -0.15) is 0 Å². The molecule has 2 heteroatoms. The van der Waals surface area contributed by atoms with Crippen molar-refractivity contribution in [2.75, 3.05) is 6.61 Å². The van der Waals surface area contributed by atoms with Gasteiger partial charge >= 0.3 is 0 Å². The Balaban J connectivity index is 2.60. The van der Waals surface area contributed by atoms with Crippen LogP contribution in [0.3, 0.4) is 0 Å². The van der Waals surface area contributed by atoms with Gasteiger partial charge < -0.3 is 9.53 Å². The third-order valence-corrected chi connectivity index (χ3v) is 1.70. The number of carbonyl (C=O) groups is 1. The predicted molar refractivity (Wildman–Crippen MR) is 52.1 cm³/mol. The Morgan fingerprint density at radius 3 is 2.38 bits per heavy atom. The molecule has 1 aromatic carbocycles. The standard InChI is InChI=1S/C11H14O2/c1-9-6-10(2)8-11(7-9)13-5-3-4-12/h4,6-8H,3,5H2,1-2H3. The van der Waals surface area contributed by atoms with Crippen LogP contribution in [0.4, 0.5) is 0 Å². The largest absolute Gasteiger partial charge is 0.493 e. The smallest absolute Gasteiger partial charge is 0.123 e. The molecule has 0 unspecified atom stereocenters. The molecule has 1 aromatic rings. The third-order valence-electron chi connectivity index (χ3n) is 1.70. The number of aldehydes is 1. The number of hydrogen-bond acceptors (Lipinski definition) is 2. The molecule has 0 atom stereocenters. The van der Waals surface area contributed by atoms with E-state index in [1.165, 1.54) is 11.1 Å². The summed E-state index contributed by atoms with van der Waals surface area (Å²) in [4.78, 5) is 10.0. The van der Waals surface area contributed by atoms with Crippen molar-refractivity contribution in [3.05, 3.63) is 29.3 Å². The summed E-state index contributed by atoms with van der Waals surface area (Å²) in [5, 5.41) is 0. The van der Waals surface area contributed by atoms with Gasteiger partial charge in [-0.05, 0) is 37.1 Å². The Morgan fingerprint density at radius 2 is 1.85 bits per heavy atom. The van der Waals surface area contributed by atoms with Gasteiger partial charge in [-0.15, -0.1) is 0 Å². The van der Waals surface area contributed by atoms with Gasteiger partial charge in [-0.1, -0.05) is 6.07 Å². The van der Waals surface area contributed by atoms with E-state index in [9.17, 15) is 4.79 Å². The van der Waals surface area contributed by atoms with Gasteiger partial charge in [-0.3, -0.25) is 0 Å². The maximum absolute atomic E-state index is 10.0. The van der Waals surface area contributed by atoms with Gasteiger partial charge in [0.2, 0.25) is 0 Å². The fourth-order valence-corrected chi connectivity index (χ4v) is 1.24. The van der Waals surface area contributed by atoms with E-state index >= 15 is 0 Å². The monoisotopic (exact) mass is 178 g/mol. The molecule has 0 aromatic heterocycles. The zero-order chi connectivity index (χ0) is 9.68. The van der Waals surface area contributed by atoms with Crippen molar-refractivity contribution in [2.45, 2.75) is 20.3 Å². The summed E-state index contributed by atoms with van der Waals surface area (Å²) in [7, 11) is 0. The first-order valence-corrected chi connectivity index (χ1v) is 4.37. The summed E-state index contributed by atoms with van der Waals surface area (Å²) in [6, 6.07) is 6.03. The number of benzene rings is 1. The van der Waals surface area contributed by atoms with Crippen LogP contribution in [0.5, 0.6) is 5.75 Å². The highest BCUT2D eigenvalue weighted by atomic mass is 16.5. The lowest BCUT2D eigenvalue weighted by molar-refractivity contribution is -0.108. The molecule has 0 saturated heterocycles. The van der Waals surface area contributed by atoms with Crippen molar-refractivity contribution >= 4 is 6.29 Å².